The molecule has 1 atom stereocenters. The van der Waals surface area contributed by atoms with Crippen LogP contribution < -0.4 is 0 Å². The number of halogens is 4. The lowest BCUT2D eigenvalue weighted by Gasteiger charge is -2.12. The second kappa shape index (κ2) is 5.26. The fourth-order valence-electron chi connectivity index (χ4n) is 1.61. The summed E-state index contributed by atoms with van der Waals surface area (Å²) < 4.78 is 38.4. The van der Waals surface area contributed by atoms with Crippen molar-refractivity contribution in [3.63, 3.8) is 0 Å². The maximum atomic E-state index is 12.5. The Morgan fingerprint density at radius 3 is 2.65 bits per heavy atom. The van der Waals surface area contributed by atoms with Crippen molar-refractivity contribution in [1.82, 2.24) is 15.0 Å². The third kappa shape index (κ3) is 2.83. The molecule has 1 N–H and O–H groups in total. The predicted octanol–water partition coefficient (Wildman–Crippen LogP) is 3.16. The van der Waals surface area contributed by atoms with Gasteiger partial charge in [-0.1, -0.05) is 22.9 Å². The number of hydrogen-bond donors (Lipinski definition) is 1. The van der Waals surface area contributed by atoms with Crippen LogP contribution in [0.1, 0.15) is 17.4 Å². The normalized spacial score (nSPS) is 13.2. The highest BCUT2D eigenvalue weighted by Gasteiger charge is 2.34. The van der Waals surface area contributed by atoms with Crippen molar-refractivity contribution in [2.45, 2.75) is 12.3 Å². The fraction of sp³-hybridized carbons (Fsp3) is 0.167. The largest absolute Gasteiger partial charge is 0.436 e. The van der Waals surface area contributed by atoms with E-state index in [1.807, 2.05) is 0 Å². The van der Waals surface area contributed by atoms with Crippen molar-refractivity contribution in [1.29, 1.82) is 0 Å². The number of aliphatic hydroxyl groups is 1. The van der Waals surface area contributed by atoms with E-state index in [1.165, 1.54) is 24.3 Å². The molecule has 0 saturated heterocycles. The summed E-state index contributed by atoms with van der Waals surface area (Å²) in [7, 11) is 0. The number of rotatable bonds is 3. The smallest absolute Gasteiger partial charge is 0.384 e. The highest BCUT2D eigenvalue weighted by Crippen LogP contribution is 2.29. The molecule has 0 radical (unpaired) electrons. The molecule has 106 valence electrons. The SMILES string of the molecule is C=CC(O)c1cc(Cl)ccc1-n1cc(C(F)(F)F)nn1. The molecular weight excluding hydrogens is 295 g/mol. The van der Waals surface area contributed by atoms with Crippen LogP contribution in [0, 0.1) is 0 Å². The first-order chi connectivity index (χ1) is 9.32. The summed E-state index contributed by atoms with van der Waals surface area (Å²) in [5, 5.41) is 16.6. The molecule has 1 aromatic carbocycles. The zero-order valence-electron chi connectivity index (χ0n) is 9.97. The van der Waals surface area contributed by atoms with Gasteiger partial charge in [-0.05, 0) is 18.2 Å². The maximum Gasteiger partial charge on any atom is 0.436 e. The number of benzene rings is 1. The molecule has 0 aliphatic rings. The van der Waals surface area contributed by atoms with E-state index in [-0.39, 0.29) is 11.3 Å². The third-order valence-corrected chi connectivity index (χ3v) is 2.80. The highest BCUT2D eigenvalue weighted by molar-refractivity contribution is 6.30. The molecule has 1 aromatic heterocycles. The molecule has 1 heterocycles. The zero-order valence-corrected chi connectivity index (χ0v) is 10.7. The number of nitrogens with zero attached hydrogens (tertiary/aromatic N) is 3. The molecule has 0 fully saturated rings. The summed E-state index contributed by atoms with van der Waals surface area (Å²) in [6, 6.07) is 4.35. The van der Waals surface area contributed by atoms with Gasteiger partial charge in [-0.2, -0.15) is 13.2 Å². The van der Waals surface area contributed by atoms with Gasteiger partial charge < -0.3 is 5.11 Å². The first-order valence-electron chi connectivity index (χ1n) is 5.43. The number of aliphatic hydroxyl groups excluding tert-OH is 1. The van der Waals surface area contributed by atoms with Crippen LogP contribution >= 0.6 is 11.6 Å². The molecule has 20 heavy (non-hydrogen) atoms. The van der Waals surface area contributed by atoms with Crippen LogP contribution in [0.25, 0.3) is 5.69 Å². The second-order valence-electron chi connectivity index (χ2n) is 3.93. The van der Waals surface area contributed by atoms with Crippen LogP contribution in [0.2, 0.25) is 5.02 Å². The summed E-state index contributed by atoms with van der Waals surface area (Å²) in [5.41, 5.74) is -0.595. The summed E-state index contributed by atoms with van der Waals surface area (Å²) in [4.78, 5) is 0. The van der Waals surface area contributed by atoms with Gasteiger partial charge in [0.25, 0.3) is 0 Å². The van der Waals surface area contributed by atoms with E-state index in [4.69, 9.17) is 11.6 Å². The van der Waals surface area contributed by atoms with Crippen molar-refractivity contribution in [2.75, 3.05) is 0 Å². The van der Waals surface area contributed by atoms with E-state index >= 15 is 0 Å². The average molecular weight is 304 g/mol. The zero-order chi connectivity index (χ0) is 14.9. The van der Waals surface area contributed by atoms with Gasteiger partial charge in [0.15, 0.2) is 5.69 Å². The molecule has 4 nitrogen and oxygen atoms in total. The second-order valence-corrected chi connectivity index (χ2v) is 4.37. The predicted molar refractivity (Wildman–Crippen MR) is 66.5 cm³/mol. The standard InChI is InChI=1S/C12H9ClF3N3O/c1-2-10(20)8-5-7(13)3-4-9(8)19-6-11(17-18-19)12(14,15)16/h2-6,10,20H,1H2. The molecule has 0 bridgehead atoms. The first-order valence-corrected chi connectivity index (χ1v) is 5.80. The van der Waals surface area contributed by atoms with Crippen LogP contribution in [-0.4, -0.2) is 20.1 Å². The van der Waals surface area contributed by atoms with Crippen LogP contribution in [0.3, 0.4) is 0 Å². The van der Waals surface area contributed by atoms with Crippen molar-refractivity contribution >= 4 is 11.6 Å². The van der Waals surface area contributed by atoms with Gasteiger partial charge in [-0.3, -0.25) is 0 Å². The van der Waals surface area contributed by atoms with E-state index < -0.39 is 18.0 Å². The van der Waals surface area contributed by atoms with Gasteiger partial charge in [0.2, 0.25) is 0 Å². The Morgan fingerprint density at radius 2 is 2.10 bits per heavy atom. The maximum absolute atomic E-state index is 12.5. The minimum Gasteiger partial charge on any atom is -0.384 e. The van der Waals surface area contributed by atoms with Gasteiger partial charge in [0.05, 0.1) is 18.0 Å². The summed E-state index contributed by atoms with van der Waals surface area (Å²) in [6.45, 7) is 3.43. The van der Waals surface area contributed by atoms with E-state index in [2.05, 4.69) is 16.9 Å². The topological polar surface area (TPSA) is 50.9 Å². The van der Waals surface area contributed by atoms with Gasteiger partial charge >= 0.3 is 6.18 Å². The highest BCUT2D eigenvalue weighted by atomic mass is 35.5. The lowest BCUT2D eigenvalue weighted by molar-refractivity contribution is -0.141. The van der Waals surface area contributed by atoms with Crippen molar-refractivity contribution in [3.8, 4) is 5.69 Å². The third-order valence-electron chi connectivity index (χ3n) is 2.56. The lowest BCUT2D eigenvalue weighted by Crippen LogP contribution is -2.05. The van der Waals surface area contributed by atoms with Gasteiger partial charge in [-0.15, -0.1) is 11.7 Å². The van der Waals surface area contributed by atoms with E-state index in [1.54, 1.807) is 0 Å². The van der Waals surface area contributed by atoms with E-state index in [9.17, 15) is 18.3 Å². The molecule has 8 heteroatoms. The monoisotopic (exact) mass is 303 g/mol. The van der Waals surface area contributed by atoms with Gasteiger partial charge in [0.1, 0.15) is 0 Å². The lowest BCUT2D eigenvalue weighted by atomic mass is 10.1. The Balaban J connectivity index is 2.52. The van der Waals surface area contributed by atoms with Crippen LogP contribution in [0.15, 0.2) is 37.1 Å². The fourth-order valence-corrected chi connectivity index (χ4v) is 1.79. The molecule has 0 aliphatic carbocycles. The molecule has 0 spiro atoms. The molecule has 0 aliphatic heterocycles. The Hall–Kier alpha value is -1.86. The molecule has 0 amide bonds. The van der Waals surface area contributed by atoms with Gasteiger partial charge in [0, 0.05) is 10.6 Å². The van der Waals surface area contributed by atoms with Gasteiger partial charge in [-0.25, -0.2) is 4.68 Å². The van der Waals surface area contributed by atoms with Crippen LogP contribution in [0.4, 0.5) is 13.2 Å². The minimum absolute atomic E-state index is 0.241. The molecule has 1 unspecified atom stereocenters. The Kier molecular flexibility index (Phi) is 3.82. The summed E-state index contributed by atoms with van der Waals surface area (Å²) in [6.07, 6.45) is -3.69. The van der Waals surface area contributed by atoms with E-state index in [0.717, 1.165) is 10.9 Å². The van der Waals surface area contributed by atoms with Crippen molar-refractivity contribution in [2.24, 2.45) is 0 Å². The molecule has 2 aromatic rings. The van der Waals surface area contributed by atoms with Crippen LogP contribution in [-0.2, 0) is 6.18 Å². The molecule has 2 rings (SSSR count). The minimum atomic E-state index is -4.58. The summed E-state index contributed by atoms with van der Waals surface area (Å²) >= 11 is 5.81. The molecule has 0 saturated carbocycles. The quantitative estimate of drug-likeness (QED) is 0.886. The number of aromatic nitrogens is 3. The van der Waals surface area contributed by atoms with Crippen molar-refractivity contribution in [3.05, 3.63) is 53.3 Å². The van der Waals surface area contributed by atoms with Crippen molar-refractivity contribution < 1.29 is 18.3 Å². The Bertz CT molecular complexity index is 639. The van der Waals surface area contributed by atoms with E-state index in [0.29, 0.717) is 5.02 Å². The molecular formula is C12H9ClF3N3O. The van der Waals surface area contributed by atoms with Crippen LogP contribution in [0.5, 0.6) is 0 Å². The average Bonchev–Trinajstić information content (AvgIpc) is 2.87. The Labute approximate surface area is 117 Å². The Morgan fingerprint density at radius 1 is 1.40 bits per heavy atom. The number of alkyl halides is 3. The first kappa shape index (κ1) is 14.5. The summed E-state index contributed by atoms with van der Waals surface area (Å²) in [5.74, 6) is 0. The number of hydrogen-bond acceptors (Lipinski definition) is 3.